The number of aromatic nitrogens is 3. The van der Waals surface area contributed by atoms with Gasteiger partial charge in [-0.25, -0.2) is 18.2 Å². The summed E-state index contributed by atoms with van der Waals surface area (Å²) in [5.74, 6) is -0.231. The Kier molecular flexibility index (Phi) is 8.13. The van der Waals surface area contributed by atoms with Gasteiger partial charge in [0.15, 0.2) is 0 Å². The fraction of sp³-hybridized carbons (Fsp3) is 0.769. The first kappa shape index (κ1) is 19.5. The van der Waals surface area contributed by atoms with Gasteiger partial charge in [0.05, 0.1) is 19.0 Å². The van der Waals surface area contributed by atoms with Crippen molar-refractivity contribution < 1.29 is 22.7 Å². The van der Waals surface area contributed by atoms with Gasteiger partial charge in [-0.1, -0.05) is 6.92 Å². The summed E-state index contributed by atoms with van der Waals surface area (Å²) in [5.41, 5.74) is 0. The van der Waals surface area contributed by atoms with Gasteiger partial charge in [0.2, 0.25) is 9.84 Å². The van der Waals surface area contributed by atoms with Gasteiger partial charge in [0, 0.05) is 26.8 Å². The molecule has 1 heterocycles. The minimum absolute atomic E-state index is 0.0428. The molecule has 1 rings (SSSR count). The highest BCUT2D eigenvalue weighted by molar-refractivity contribution is 7.91. The summed E-state index contributed by atoms with van der Waals surface area (Å²) < 4.78 is 34.9. The van der Waals surface area contributed by atoms with Crippen LogP contribution in [0.3, 0.4) is 0 Å². The van der Waals surface area contributed by atoms with Gasteiger partial charge in [-0.15, -0.1) is 5.10 Å². The summed E-state index contributed by atoms with van der Waals surface area (Å²) in [7, 11) is -2.25. The molecule has 0 aliphatic rings. The van der Waals surface area contributed by atoms with E-state index < -0.39 is 15.9 Å². The molecule has 0 spiro atoms. The molecule has 10 heteroatoms. The van der Waals surface area contributed by atoms with E-state index in [4.69, 9.17) is 9.47 Å². The van der Waals surface area contributed by atoms with Crippen LogP contribution in [0, 0.1) is 0 Å². The van der Waals surface area contributed by atoms with Crippen LogP contribution in [0.5, 0.6) is 0 Å². The highest BCUT2D eigenvalue weighted by Crippen LogP contribution is 2.05. The van der Waals surface area contributed by atoms with Gasteiger partial charge in [-0.2, -0.15) is 4.68 Å². The van der Waals surface area contributed by atoms with Crippen LogP contribution in [0.2, 0.25) is 0 Å². The minimum atomic E-state index is -3.66. The monoisotopic (exact) mass is 348 g/mol. The fourth-order valence-corrected chi connectivity index (χ4v) is 2.79. The topological polar surface area (TPSA) is 104 Å². The number of hydrogen-bond acceptors (Lipinski definition) is 7. The molecule has 1 aromatic heterocycles. The highest BCUT2D eigenvalue weighted by Gasteiger charge is 2.23. The average molecular weight is 348 g/mol. The summed E-state index contributed by atoms with van der Waals surface area (Å²) in [6.45, 7) is 5.78. The van der Waals surface area contributed by atoms with E-state index in [1.165, 1.54) is 7.11 Å². The Labute approximate surface area is 136 Å². The number of carbonyl (C=O) groups excluding carboxylic acids is 1. The Morgan fingerprint density at radius 2 is 2.04 bits per heavy atom. The Balaban J connectivity index is 2.82. The van der Waals surface area contributed by atoms with Gasteiger partial charge < -0.3 is 14.4 Å². The van der Waals surface area contributed by atoms with Crippen molar-refractivity contribution in [3.63, 3.8) is 0 Å². The van der Waals surface area contributed by atoms with Crippen LogP contribution >= 0.6 is 0 Å². The number of hydrogen-bond donors (Lipinski definition) is 0. The predicted molar refractivity (Wildman–Crippen MR) is 83.1 cm³/mol. The van der Waals surface area contributed by atoms with Gasteiger partial charge in [-0.05, 0) is 13.3 Å². The van der Waals surface area contributed by atoms with E-state index in [1.54, 1.807) is 4.90 Å². The zero-order valence-corrected chi connectivity index (χ0v) is 14.6. The van der Waals surface area contributed by atoms with Crippen LogP contribution in [-0.2, 0) is 19.3 Å². The van der Waals surface area contributed by atoms with Gasteiger partial charge in [0.25, 0.3) is 5.16 Å². The lowest BCUT2D eigenvalue weighted by molar-refractivity contribution is 0.118. The number of ether oxygens (including phenoxy) is 2. The standard InChI is InChI=1S/C13H24N4O5S/c1-4-6-16(7-8-22-5-2)13(18)17-11-14-12(15-17)23(19,20)10-9-21-3/h11H,4-10H2,1-3H3. The third-order valence-electron chi connectivity index (χ3n) is 2.97. The van der Waals surface area contributed by atoms with E-state index >= 15 is 0 Å². The number of carbonyl (C=O) groups is 1. The summed E-state index contributed by atoms with van der Waals surface area (Å²) in [4.78, 5) is 17.7. The molecule has 1 aromatic rings. The molecule has 1 amide bonds. The number of rotatable bonds is 10. The maximum absolute atomic E-state index is 12.4. The Morgan fingerprint density at radius 3 is 2.65 bits per heavy atom. The molecule has 23 heavy (non-hydrogen) atoms. The number of nitrogens with zero attached hydrogens (tertiary/aromatic N) is 4. The van der Waals surface area contributed by atoms with Crippen LogP contribution in [0.15, 0.2) is 11.5 Å². The molecule has 0 aliphatic carbocycles. The highest BCUT2D eigenvalue weighted by atomic mass is 32.2. The third kappa shape index (κ3) is 5.88. The quantitative estimate of drug-likeness (QED) is 0.564. The molecular weight excluding hydrogens is 324 g/mol. The second-order valence-corrected chi connectivity index (χ2v) is 6.75. The van der Waals surface area contributed by atoms with Crippen molar-refractivity contribution in [1.29, 1.82) is 0 Å². The van der Waals surface area contributed by atoms with Crippen molar-refractivity contribution >= 4 is 15.9 Å². The molecule has 0 saturated heterocycles. The van der Waals surface area contributed by atoms with Crippen molar-refractivity contribution in [2.45, 2.75) is 25.4 Å². The van der Waals surface area contributed by atoms with Crippen molar-refractivity contribution in [3.05, 3.63) is 6.33 Å². The third-order valence-corrected chi connectivity index (χ3v) is 4.42. The first-order chi connectivity index (χ1) is 11.0. The SMILES string of the molecule is CCCN(CCOCC)C(=O)n1cnc(S(=O)(=O)CCOC)n1. The van der Waals surface area contributed by atoms with Gasteiger partial charge in [0.1, 0.15) is 6.33 Å². The zero-order valence-electron chi connectivity index (χ0n) is 13.8. The first-order valence-electron chi connectivity index (χ1n) is 7.46. The molecule has 0 fully saturated rings. The van der Waals surface area contributed by atoms with E-state index in [1.807, 2.05) is 13.8 Å². The molecule has 0 atom stereocenters. The van der Waals surface area contributed by atoms with Gasteiger partial charge >= 0.3 is 6.03 Å². The first-order valence-corrected chi connectivity index (χ1v) is 9.11. The van der Waals surface area contributed by atoms with Crippen LogP contribution in [0.4, 0.5) is 4.79 Å². The largest absolute Gasteiger partial charge is 0.384 e. The average Bonchev–Trinajstić information content (AvgIpc) is 3.02. The second-order valence-electron chi connectivity index (χ2n) is 4.75. The fourth-order valence-electron chi connectivity index (χ4n) is 1.80. The summed E-state index contributed by atoms with van der Waals surface area (Å²) >= 11 is 0. The van der Waals surface area contributed by atoms with Gasteiger partial charge in [-0.3, -0.25) is 0 Å². The van der Waals surface area contributed by atoms with Crippen LogP contribution < -0.4 is 0 Å². The molecular formula is C13H24N4O5S. The molecule has 0 N–H and O–H groups in total. The Hall–Kier alpha value is -1.52. The lowest BCUT2D eigenvalue weighted by Crippen LogP contribution is -2.38. The predicted octanol–water partition coefficient (Wildman–Crippen LogP) is 0.415. The van der Waals surface area contributed by atoms with E-state index in [2.05, 4.69) is 10.1 Å². The number of amides is 1. The summed E-state index contributed by atoms with van der Waals surface area (Å²) in [6, 6.07) is -0.424. The van der Waals surface area contributed by atoms with E-state index in [0.717, 1.165) is 17.4 Å². The molecule has 132 valence electrons. The summed E-state index contributed by atoms with van der Waals surface area (Å²) in [6.07, 6.45) is 1.89. The Bertz CT molecular complexity index is 587. The zero-order chi connectivity index (χ0) is 17.3. The molecule has 9 nitrogen and oxygen atoms in total. The maximum Gasteiger partial charge on any atom is 0.346 e. The van der Waals surface area contributed by atoms with Crippen LogP contribution in [0.25, 0.3) is 0 Å². The van der Waals surface area contributed by atoms with E-state index in [-0.39, 0.29) is 17.5 Å². The summed E-state index contributed by atoms with van der Waals surface area (Å²) in [5, 5.41) is 3.43. The molecule has 0 unspecified atom stereocenters. The van der Waals surface area contributed by atoms with E-state index in [9.17, 15) is 13.2 Å². The van der Waals surface area contributed by atoms with Crippen molar-refractivity contribution in [2.75, 3.05) is 45.8 Å². The minimum Gasteiger partial charge on any atom is -0.384 e. The smallest absolute Gasteiger partial charge is 0.346 e. The molecule has 0 saturated carbocycles. The molecule has 0 aliphatic heterocycles. The maximum atomic E-state index is 12.4. The number of methoxy groups -OCH3 is 1. The Morgan fingerprint density at radius 1 is 1.30 bits per heavy atom. The van der Waals surface area contributed by atoms with Crippen LogP contribution in [-0.4, -0.2) is 79.9 Å². The molecule has 0 aromatic carbocycles. The lowest BCUT2D eigenvalue weighted by Gasteiger charge is -2.21. The van der Waals surface area contributed by atoms with Crippen molar-refractivity contribution in [2.24, 2.45) is 0 Å². The molecule has 0 bridgehead atoms. The van der Waals surface area contributed by atoms with Crippen LogP contribution in [0.1, 0.15) is 20.3 Å². The molecule has 0 radical (unpaired) electrons. The van der Waals surface area contributed by atoms with E-state index in [0.29, 0.717) is 26.3 Å². The number of sulfone groups is 1. The second kappa shape index (κ2) is 9.58. The van der Waals surface area contributed by atoms with Crippen molar-refractivity contribution in [1.82, 2.24) is 19.7 Å². The van der Waals surface area contributed by atoms with Crippen molar-refractivity contribution in [3.8, 4) is 0 Å². The lowest BCUT2D eigenvalue weighted by atomic mass is 10.4. The normalized spacial score (nSPS) is 11.6.